The van der Waals surface area contributed by atoms with Gasteiger partial charge in [0.2, 0.25) is 5.91 Å². The van der Waals surface area contributed by atoms with Crippen molar-refractivity contribution in [2.45, 2.75) is 25.4 Å². The van der Waals surface area contributed by atoms with E-state index in [2.05, 4.69) is 0 Å². The molecule has 3 aliphatic rings. The van der Waals surface area contributed by atoms with Gasteiger partial charge in [-0.05, 0) is 29.7 Å². The van der Waals surface area contributed by atoms with Gasteiger partial charge in [-0.2, -0.15) is 0 Å². The van der Waals surface area contributed by atoms with Gasteiger partial charge < -0.3 is 24.8 Å². The Kier molecular flexibility index (Phi) is 5.20. The molecule has 7 nitrogen and oxygen atoms in total. The summed E-state index contributed by atoms with van der Waals surface area (Å²) < 4.78 is 0. The first-order chi connectivity index (χ1) is 12.4. The van der Waals surface area contributed by atoms with Crippen LogP contribution in [0.25, 0.3) is 6.08 Å². The minimum absolute atomic E-state index is 0. The number of benzene rings is 1. The number of allylic oxidation sites excluding steroid dienone is 2. The van der Waals surface area contributed by atoms with Crippen LogP contribution in [0.15, 0.2) is 41.6 Å². The first-order valence-corrected chi connectivity index (χ1v) is 8.40. The number of phenols is 1. The van der Waals surface area contributed by atoms with E-state index < -0.39 is 12.0 Å². The summed E-state index contributed by atoms with van der Waals surface area (Å²) in [5.74, 6) is -1.76. The van der Waals surface area contributed by atoms with E-state index in [1.165, 1.54) is 28.9 Å². The Morgan fingerprint density at radius 1 is 1.22 bits per heavy atom. The quantitative estimate of drug-likeness (QED) is 0.444. The molecule has 0 aromatic heterocycles. The van der Waals surface area contributed by atoms with Gasteiger partial charge in [0.05, 0.1) is 17.7 Å². The molecule has 4 rings (SSSR count). The van der Waals surface area contributed by atoms with Crippen LogP contribution in [-0.4, -0.2) is 51.3 Å². The number of aliphatic carboxylic acids is 1. The fraction of sp³-hybridized carbons (Fsp3) is 0.316. The molecule has 0 spiro atoms. The summed E-state index contributed by atoms with van der Waals surface area (Å²) >= 11 is 0. The summed E-state index contributed by atoms with van der Waals surface area (Å²) in [6, 6.07) is 5.66. The first-order valence-electron chi connectivity index (χ1n) is 8.40. The number of hydrogen-bond acceptors (Lipinski definition) is 5. The Labute approximate surface area is 178 Å². The predicted octanol–water partition coefficient (Wildman–Crippen LogP) is -3.13. The first kappa shape index (κ1) is 19.7. The minimum Gasteiger partial charge on any atom is -0.543 e. The zero-order valence-corrected chi connectivity index (χ0v) is 17.1. The second kappa shape index (κ2) is 7.14. The largest absolute Gasteiger partial charge is 1.00 e. The smallest absolute Gasteiger partial charge is 0.543 e. The van der Waals surface area contributed by atoms with Crippen LogP contribution in [0, 0.1) is 5.92 Å². The molecule has 2 fully saturated rings. The van der Waals surface area contributed by atoms with Crippen molar-refractivity contribution in [1.82, 2.24) is 9.80 Å². The van der Waals surface area contributed by atoms with Crippen molar-refractivity contribution in [1.29, 1.82) is 0 Å². The molecule has 1 N–H and O–H groups in total. The number of amides is 2. The van der Waals surface area contributed by atoms with E-state index in [1.807, 2.05) is 0 Å². The molecular weight excluding hydrogens is 359 g/mol. The number of nitrogens with zero attached hydrogens (tertiary/aromatic N) is 2. The second-order valence-electron chi connectivity index (χ2n) is 6.87. The van der Waals surface area contributed by atoms with E-state index >= 15 is 0 Å². The molecule has 1 aromatic rings. The van der Waals surface area contributed by atoms with Crippen LogP contribution in [-0.2, 0) is 14.4 Å². The molecule has 3 heterocycles. The molecular formula is C19H17N2NaO5. The summed E-state index contributed by atoms with van der Waals surface area (Å²) in [5, 5.41) is 21.0. The van der Waals surface area contributed by atoms with Gasteiger partial charge in [0.15, 0.2) is 0 Å². The number of carbonyl (C=O) groups excluding carboxylic acids is 3. The van der Waals surface area contributed by atoms with Gasteiger partial charge in [0.1, 0.15) is 11.8 Å². The van der Waals surface area contributed by atoms with E-state index in [1.54, 1.807) is 24.3 Å². The van der Waals surface area contributed by atoms with Crippen LogP contribution < -0.4 is 34.7 Å². The van der Waals surface area contributed by atoms with Crippen molar-refractivity contribution >= 4 is 23.9 Å². The minimum atomic E-state index is -1.39. The van der Waals surface area contributed by atoms with Gasteiger partial charge in [-0.25, -0.2) is 0 Å². The van der Waals surface area contributed by atoms with Crippen molar-refractivity contribution < 1.29 is 54.2 Å². The number of β-lactam (4-membered cyclic amide) rings is 1. The van der Waals surface area contributed by atoms with E-state index in [0.29, 0.717) is 18.5 Å². The monoisotopic (exact) mass is 376 g/mol. The van der Waals surface area contributed by atoms with Crippen LogP contribution in [0.5, 0.6) is 5.75 Å². The topological polar surface area (TPSA) is 101 Å². The third-order valence-electron chi connectivity index (χ3n) is 5.36. The Morgan fingerprint density at radius 2 is 1.89 bits per heavy atom. The van der Waals surface area contributed by atoms with Crippen LogP contribution in [0.1, 0.15) is 18.9 Å². The summed E-state index contributed by atoms with van der Waals surface area (Å²) in [6.45, 7) is 1.87. The molecule has 8 heteroatoms. The number of likely N-dealkylation sites (tertiary alicyclic amines) is 1. The maximum absolute atomic E-state index is 12.5. The maximum Gasteiger partial charge on any atom is 1.00 e. The number of hydrogen-bond donors (Lipinski definition) is 1. The molecule has 134 valence electrons. The fourth-order valence-corrected chi connectivity index (χ4v) is 4.22. The zero-order chi connectivity index (χ0) is 18.6. The Hall–Kier alpha value is -2.09. The SMILES string of the molecule is CC(=O)N1CC2CC(/C=C/c3ccc(O)cc3)=C(C(=O)[O-])N3C(=O)C1[C@@H]23.[Na+]. The van der Waals surface area contributed by atoms with Crippen molar-refractivity contribution in [2.24, 2.45) is 5.92 Å². The molecule has 0 aliphatic carbocycles. The molecule has 1 aromatic carbocycles. The molecule has 2 saturated heterocycles. The van der Waals surface area contributed by atoms with Gasteiger partial charge in [-0.1, -0.05) is 24.3 Å². The molecule has 0 saturated carbocycles. The summed E-state index contributed by atoms with van der Waals surface area (Å²) in [5.41, 5.74) is 1.20. The van der Waals surface area contributed by atoms with E-state index in [9.17, 15) is 24.6 Å². The van der Waals surface area contributed by atoms with Crippen LogP contribution in [0.2, 0.25) is 0 Å². The average molecular weight is 376 g/mol. The number of rotatable bonds is 3. The van der Waals surface area contributed by atoms with Gasteiger partial charge in [0.25, 0.3) is 5.91 Å². The van der Waals surface area contributed by atoms with Crippen LogP contribution in [0.4, 0.5) is 0 Å². The number of carbonyl (C=O) groups is 3. The van der Waals surface area contributed by atoms with E-state index in [-0.39, 0.29) is 64.8 Å². The van der Waals surface area contributed by atoms with Gasteiger partial charge >= 0.3 is 29.6 Å². The molecule has 2 amide bonds. The van der Waals surface area contributed by atoms with Crippen molar-refractivity contribution in [3.05, 3.63) is 47.2 Å². The second-order valence-corrected chi connectivity index (χ2v) is 6.87. The standard InChI is InChI=1S/C19H18N2O5.Na/c1-10(22)20-9-13-8-12(5-2-11-3-6-14(23)7-4-11)16(19(25)26)21-15(13)17(20)18(21)24;/h2-7,13,15,17,23H,8-9H2,1H3,(H,25,26);/q;+1/p-1/b5-2+;/t13?,15-,17?;/m1./s1. The van der Waals surface area contributed by atoms with E-state index in [0.717, 1.165) is 5.56 Å². The van der Waals surface area contributed by atoms with Crippen molar-refractivity contribution in [3.8, 4) is 5.75 Å². The zero-order valence-electron chi connectivity index (χ0n) is 15.1. The Bertz CT molecular complexity index is 877. The summed E-state index contributed by atoms with van der Waals surface area (Å²) in [4.78, 5) is 38.8. The number of carboxylic acid groups (broad SMARTS) is 1. The summed E-state index contributed by atoms with van der Waals surface area (Å²) in [6.07, 6.45) is 3.87. The normalized spacial score (nSPS) is 26.0. The maximum atomic E-state index is 12.5. The third-order valence-corrected chi connectivity index (χ3v) is 5.36. The molecule has 3 aliphatic heterocycles. The molecule has 0 radical (unpaired) electrons. The van der Waals surface area contributed by atoms with E-state index in [4.69, 9.17) is 0 Å². The number of carboxylic acids is 1. The van der Waals surface area contributed by atoms with Gasteiger partial charge in [-0.3, -0.25) is 9.59 Å². The summed E-state index contributed by atoms with van der Waals surface area (Å²) in [7, 11) is 0. The Morgan fingerprint density at radius 3 is 2.48 bits per heavy atom. The molecule has 27 heavy (non-hydrogen) atoms. The van der Waals surface area contributed by atoms with Crippen LogP contribution >= 0.6 is 0 Å². The van der Waals surface area contributed by atoms with Crippen LogP contribution in [0.3, 0.4) is 0 Å². The van der Waals surface area contributed by atoms with Gasteiger partial charge in [-0.15, -0.1) is 0 Å². The predicted molar refractivity (Wildman–Crippen MR) is 89.1 cm³/mol. The fourth-order valence-electron chi connectivity index (χ4n) is 4.22. The molecule has 0 bridgehead atoms. The number of aromatic hydroxyl groups is 1. The molecule has 2 unspecified atom stereocenters. The Balaban J connectivity index is 0.00000210. The third kappa shape index (κ3) is 3.09. The van der Waals surface area contributed by atoms with Gasteiger partial charge in [0, 0.05) is 19.4 Å². The van der Waals surface area contributed by atoms with Crippen molar-refractivity contribution in [3.63, 3.8) is 0 Å². The number of phenolic OH excluding ortho intramolecular Hbond substituents is 1. The molecule has 3 atom stereocenters. The van der Waals surface area contributed by atoms with Crippen molar-refractivity contribution in [2.75, 3.05) is 6.54 Å². The average Bonchev–Trinajstić information content (AvgIpc) is 2.96.